The number of unbranched alkanes of at least 4 members (excludes halogenated alkanes) is 2. The van der Waals surface area contributed by atoms with Crippen molar-refractivity contribution in [2.45, 2.75) is 53.4 Å². The lowest BCUT2D eigenvalue weighted by atomic mass is 10.1. The first-order valence-electron chi connectivity index (χ1n) is 6.20. The van der Waals surface area contributed by atoms with Gasteiger partial charge in [0.1, 0.15) is 0 Å². The van der Waals surface area contributed by atoms with Gasteiger partial charge in [-0.2, -0.15) is 0 Å². The van der Waals surface area contributed by atoms with Crippen LogP contribution in [0.4, 0.5) is 0 Å². The number of hydrogen-bond acceptors (Lipinski definition) is 1. The summed E-state index contributed by atoms with van der Waals surface area (Å²) in [5.74, 6) is 1.20. The molecule has 0 heterocycles. The quantitative estimate of drug-likeness (QED) is 0.594. The second-order valence-electron chi connectivity index (χ2n) is 5.16. The van der Waals surface area contributed by atoms with Crippen LogP contribution in [0.25, 0.3) is 0 Å². The van der Waals surface area contributed by atoms with Gasteiger partial charge >= 0.3 is 0 Å². The third-order valence-corrected chi connectivity index (χ3v) is 2.65. The molecule has 15 heavy (non-hydrogen) atoms. The summed E-state index contributed by atoms with van der Waals surface area (Å²) in [6.45, 7) is 9.34. The SMILES string of the molecule is CC(C)CCCCCN(C)C(=O)C(C)C. The van der Waals surface area contributed by atoms with E-state index in [1.54, 1.807) is 0 Å². The summed E-state index contributed by atoms with van der Waals surface area (Å²) < 4.78 is 0. The Labute approximate surface area is 95.0 Å². The Hall–Kier alpha value is -0.530. The van der Waals surface area contributed by atoms with Gasteiger partial charge in [0.15, 0.2) is 0 Å². The molecule has 1 amide bonds. The number of rotatable bonds is 7. The molecule has 0 unspecified atom stereocenters. The molecule has 0 N–H and O–H groups in total. The smallest absolute Gasteiger partial charge is 0.224 e. The van der Waals surface area contributed by atoms with E-state index in [0.717, 1.165) is 18.9 Å². The van der Waals surface area contributed by atoms with Crippen LogP contribution in [0.2, 0.25) is 0 Å². The van der Waals surface area contributed by atoms with Gasteiger partial charge in [0.2, 0.25) is 5.91 Å². The van der Waals surface area contributed by atoms with Crippen molar-refractivity contribution < 1.29 is 4.79 Å². The minimum absolute atomic E-state index is 0.130. The number of carbonyl (C=O) groups excluding carboxylic acids is 1. The van der Waals surface area contributed by atoms with Crippen molar-refractivity contribution in [2.24, 2.45) is 11.8 Å². The van der Waals surface area contributed by atoms with E-state index in [0.29, 0.717) is 0 Å². The van der Waals surface area contributed by atoms with Crippen molar-refractivity contribution in [3.63, 3.8) is 0 Å². The molecule has 0 aliphatic rings. The van der Waals surface area contributed by atoms with Crippen LogP contribution in [-0.2, 0) is 4.79 Å². The van der Waals surface area contributed by atoms with Crippen molar-refractivity contribution in [1.82, 2.24) is 4.90 Å². The van der Waals surface area contributed by atoms with E-state index in [4.69, 9.17) is 0 Å². The number of amides is 1. The maximum Gasteiger partial charge on any atom is 0.224 e. The highest BCUT2D eigenvalue weighted by Crippen LogP contribution is 2.09. The van der Waals surface area contributed by atoms with E-state index < -0.39 is 0 Å². The van der Waals surface area contributed by atoms with Crippen LogP contribution in [0.3, 0.4) is 0 Å². The molecule has 0 aromatic heterocycles. The minimum Gasteiger partial charge on any atom is -0.346 e. The molecule has 0 aromatic carbocycles. The predicted octanol–water partition coefficient (Wildman–Crippen LogP) is 3.32. The largest absolute Gasteiger partial charge is 0.346 e. The van der Waals surface area contributed by atoms with Gasteiger partial charge in [0.25, 0.3) is 0 Å². The molecule has 2 nitrogen and oxygen atoms in total. The fraction of sp³-hybridized carbons (Fsp3) is 0.923. The Morgan fingerprint density at radius 3 is 2.13 bits per heavy atom. The highest BCUT2D eigenvalue weighted by Gasteiger charge is 2.11. The zero-order valence-electron chi connectivity index (χ0n) is 11.0. The average Bonchev–Trinajstić information content (AvgIpc) is 2.15. The highest BCUT2D eigenvalue weighted by molar-refractivity contribution is 5.77. The molecule has 0 rings (SSSR count). The van der Waals surface area contributed by atoms with Gasteiger partial charge in [0, 0.05) is 19.5 Å². The van der Waals surface area contributed by atoms with Gasteiger partial charge in [-0.3, -0.25) is 4.79 Å². The number of nitrogens with zero attached hydrogens (tertiary/aromatic N) is 1. The lowest BCUT2D eigenvalue weighted by Gasteiger charge is -2.19. The summed E-state index contributed by atoms with van der Waals surface area (Å²) in [7, 11) is 1.91. The third kappa shape index (κ3) is 7.40. The topological polar surface area (TPSA) is 20.3 Å². The molecule has 0 atom stereocenters. The van der Waals surface area contributed by atoms with Gasteiger partial charge in [-0.05, 0) is 12.3 Å². The second kappa shape index (κ2) is 7.72. The third-order valence-electron chi connectivity index (χ3n) is 2.65. The number of hydrogen-bond donors (Lipinski definition) is 0. The van der Waals surface area contributed by atoms with E-state index in [1.807, 2.05) is 25.8 Å². The first-order valence-corrected chi connectivity index (χ1v) is 6.20. The van der Waals surface area contributed by atoms with Gasteiger partial charge in [-0.1, -0.05) is 47.0 Å². The molecule has 0 radical (unpaired) electrons. The van der Waals surface area contributed by atoms with E-state index in [1.165, 1.54) is 19.3 Å². The van der Waals surface area contributed by atoms with Crippen LogP contribution in [0.15, 0.2) is 0 Å². The zero-order chi connectivity index (χ0) is 11.8. The summed E-state index contributed by atoms with van der Waals surface area (Å²) in [5, 5.41) is 0. The molecule has 2 heteroatoms. The molecular formula is C13H27NO. The normalized spacial score (nSPS) is 11.1. The predicted molar refractivity (Wildman–Crippen MR) is 65.8 cm³/mol. The molecule has 0 spiro atoms. The van der Waals surface area contributed by atoms with Gasteiger partial charge in [-0.15, -0.1) is 0 Å². The molecule has 90 valence electrons. The zero-order valence-corrected chi connectivity index (χ0v) is 11.0. The van der Waals surface area contributed by atoms with Crippen LogP contribution in [0.1, 0.15) is 53.4 Å². The molecule has 0 saturated heterocycles. The van der Waals surface area contributed by atoms with Crippen LogP contribution < -0.4 is 0 Å². The molecule has 0 aromatic rings. The maximum atomic E-state index is 11.5. The Balaban J connectivity index is 3.47. The van der Waals surface area contributed by atoms with E-state index >= 15 is 0 Å². The summed E-state index contributed by atoms with van der Waals surface area (Å²) in [4.78, 5) is 13.4. The Kier molecular flexibility index (Phi) is 7.45. The second-order valence-corrected chi connectivity index (χ2v) is 5.16. The molecule has 0 bridgehead atoms. The summed E-state index contributed by atoms with van der Waals surface area (Å²) in [6, 6.07) is 0. The minimum atomic E-state index is 0.130. The van der Waals surface area contributed by atoms with Gasteiger partial charge < -0.3 is 4.90 Å². The lowest BCUT2D eigenvalue weighted by Crippen LogP contribution is -2.31. The van der Waals surface area contributed by atoms with E-state index in [9.17, 15) is 4.79 Å². The highest BCUT2D eigenvalue weighted by atomic mass is 16.2. The summed E-state index contributed by atoms with van der Waals surface area (Å²) in [5.41, 5.74) is 0. The monoisotopic (exact) mass is 213 g/mol. The van der Waals surface area contributed by atoms with E-state index in [2.05, 4.69) is 13.8 Å². The maximum absolute atomic E-state index is 11.5. The molecule has 0 aliphatic carbocycles. The average molecular weight is 213 g/mol. The van der Waals surface area contributed by atoms with E-state index in [-0.39, 0.29) is 11.8 Å². The van der Waals surface area contributed by atoms with Crippen LogP contribution in [0.5, 0.6) is 0 Å². The van der Waals surface area contributed by atoms with Gasteiger partial charge in [-0.25, -0.2) is 0 Å². The lowest BCUT2D eigenvalue weighted by molar-refractivity contribution is -0.133. The van der Waals surface area contributed by atoms with Crippen molar-refractivity contribution in [3.05, 3.63) is 0 Å². The summed E-state index contributed by atoms with van der Waals surface area (Å²) >= 11 is 0. The molecule has 0 saturated carbocycles. The molecule has 0 aliphatic heterocycles. The molecular weight excluding hydrogens is 186 g/mol. The van der Waals surface area contributed by atoms with Gasteiger partial charge in [0.05, 0.1) is 0 Å². The van der Waals surface area contributed by atoms with Crippen LogP contribution in [0, 0.1) is 11.8 Å². The van der Waals surface area contributed by atoms with Crippen molar-refractivity contribution in [2.75, 3.05) is 13.6 Å². The first-order chi connectivity index (χ1) is 6.95. The Morgan fingerprint density at radius 2 is 1.67 bits per heavy atom. The first kappa shape index (κ1) is 14.5. The van der Waals surface area contributed by atoms with Crippen molar-refractivity contribution >= 4 is 5.91 Å². The van der Waals surface area contributed by atoms with Crippen LogP contribution >= 0.6 is 0 Å². The number of carbonyl (C=O) groups is 1. The van der Waals surface area contributed by atoms with Crippen LogP contribution in [-0.4, -0.2) is 24.4 Å². The van der Waals surface area contributed by atoms with Crippen molar-refractivity contribution in [3.8, 4) is 0 Å². The Bertz CT molecular complexity index is 175. The standard InChI is InChI=1S/C13H27NO/c1-11(2)9-7-6-8-10-14(5)13(15)12(3)4/h11-12H,6-10H2,1-5H3. The van der Waals surface area contributed by atoms with Crippen molar-refractivity contribution in [1.29, 1.82) is 0 Å². The fourth-order valence-corrected chi connectivity index (χ4v) is 1.63. The fourth-order valence-electron chi connectivity index (χ4n) is 1.63. The Morgan fingerprint density at radius 1 is 1.07 bits per heavy atom. The molecule has 0 fully saturated rings. The summed E-state index contributed by atoms with van der Waals surface area (Å²) in [6.07, 6.45) is 4.98.